The Bertz CT molecular complexity index is 1260. The smallest absolute Gasteiger partial charge is 0.441 e. The number of fused-ring (bicyclic) bond motifs is 1. The van der Waals surface area contributed by atoms with Crippen LogP contribution in [0.25, 0.3) is 23.1 Å². The second-order valence-electron chi connectivity index (χ2n) is 7.28. The van der Waals surface area contributed by atoms with Gasteiger partial charge in [0.2, 0.25) is 0 Å². The molecule has 0 spiro atoms. The number of aromatic amines is 1. The van der Waals surface area contributed by atoms with Crippen molar-refractivity contribution in [3.8, 4) is 5.75 Å². The van der Waals surface area contributed by atoms with Crippen molar-refractivity contribution in [3.05, 3.63) is 89.1 Å². The molecule has 0 aliphatic rings. The highest BCUT2D eigenvalue weighted by Crippen LogP contribution is 2.24. The van der Waals surface area contributed by atoms with Gasteiger partial charge in [-0.05, 0) is 48.7 Å². The van der Waals surface area contributed by atoms with Crippen LogP contribution in [0.4, 0.5) is 4.79 Å². The second-order valence-corrected chi connectivity index (χ2v) is 7.64. The number of carboxylic acid groups (broad SMARTS) is 1. The number of hydrogen-bond acceptors (Lipinski definition) is 4. The fraction of sp³-hybridized carbons (Fsp3) is 0.125. The molecular weight excluding hydrogens is 428 g/mol. The fourth-order valence-electron chi connectivity index (χ4n) is 3.41. The van der Waals surface area contributed by atoms with Crippen LogP contribution in [0.2, 0.25) is 5.15 Å². The molecule has 1 atom stereocenters. The third kappa shape index (κ3) is 4.90. The number of pyridine rings is 2. The summed E-state index contributed by atoms with van der Waals surface area (Å²) in [5, 5.41) is 12.0. The SMILES string of the molecule is CC(Cc1c[nH]c2ccccc12)N(Oc1cnc(Cl)c(C=Cc2ccncc2)c1)C(=O)O. The molecule has 32 heavy (non-hydrogen) atoms. The third-order valence-electron chi connectivity index (χ3n) is 4.99. The summed E-state index contributed by atoms with van der Waals surface area (Å²) in [6, 6.07) is 12.8. The van der Waals surface area contributed by atoms with Crippen molar-refractivity contribution >= 4 is 40.7 Å². The maximum absolute atomic E-state index is 11.9. The highest BCUT2D eigenvalue weighted by molar-refractivity contribution is 6.31. The Morgan fingerprint density at radius 3 is 2.81 bits per heavy atom. The molecule has 0 aliphatic carbocycles. The molecule has 0 aliphatic heterocycles. The Labute approximate surface area is 189 Å². The Kier molecular flexibility index (Phi) is 6.37. The molecule has 162 valence electrons. The predicted molar refractivity (Wildman–Crippen MR) is 124 cm³/mol. The quantitative estimate of drug-likeness (QED) is 0.280. The summed E-state index contributed by atoms with van der Waals surface area (Å²) in [4.78, 5) is 29.0. The molecule has 1 aromatic carbocycles. The van der Waals surface area contributed by atoms with E-state index in [4.69, 9.17) is 16.4 Å². The number of H-pyrrole nitrogens is 1. The Hall–Kier alpha value is -3.84. The van der Waals surface area contributed by atoms with Crippen molar-refractivity contribution < 1.29 is 14.7 Å². The van der Waals surface area contributed by atoms with E-state index in [1.165, 1.54) is 6.20 Å². The number of halogens is 1. The first-order chi connectivity index (χ1) is 15.5. The summed E-state index contributed by atoms with van der Waals surface area (Å²) >= 11 is 6.21. The van der Waals surface area contributed by atoms with Crippen LogP contribution in [0.1, 0.15) is 23.6 Å². The van der Waals surface area contributed by atoms with Crippen molar-refractivity contribution in [2.75, 3.05) is 0 Å². The molecule has 0 saturated heterocycles. The molecule has 3 heterocycles. The normalized spacial score (nSPS) is 12.2. The van der Waals surface area contributed by atoms with E-state index in [2.05, 4.69) is 15.0 Å². The minimum atomic E-state index is -1.19. The van der Waals surface area contributed by atoms with Crippen molar-refractivity contribution in [1.29, 1.82) is 0 Å². The van der Waals surface area contributed by atoms with Crippen LogP contribution in [0.5, 0.6) is 5.75 Å². The van der Waals surface area contributed by atoms with Crippen molar-refractivity contribution in [2.24, 2.45) is 0 Å². The second kappa shape index (κ2) is 9.53. The van der Waals surface area contributed by atoms with E-state index in [1.807, 2.05) is 48.7 Å². The number of carbonyl (C=O) groups is 1. The third-order valence-corrected chi connectivity index (χ3v) is 5.30. The molecule has 1 unspecified atom stereocenters. The molecule has 0 saturated carbocycles. The number of amides is 1. The first-order valence-electron chi connectivity index (χ1n) is 10.00. The van der Waals surface area contributed by atoms with E-state index in [1.54, 1.807) is 31.5 Å². The van der Waals surface area contributed by atoms with Crippen LogP contribution >= 0.6 is 11.6 Å². The lowest BCUT2D eigenvalue weighted by Crippen LogP contribution is -2.41. The number of nitrogens with one attached hydrogen (secondary N) is 1. The summed E-state index contributed by atoms with van der Waals surface area (Å²) in [5.41, 5.74) is 3.57. The van der Waals surface area contributed by atoms with Gasteiger partial charge < -0.3 is 14.9 Å². The van der Waals surface area contributed by atoms with Gasteiger partial charge in [0.1, 0.15) is 5.15 Å². The number of hydrogen-bond donors (Lipinski definition) is 2. The summed E-state index contributed by atoms with van der Waals surface area (Å²) in [5.74, 6) is 0.275. The number of rotatable bonds is 7. The molecule has 7 nitrogen and oxygen atoms in total. The Morgan fingerprint density at radius 1 is 1.25 bits per heavy atom. The van der Waals surface area contributed by atoms with E-state index in [9.17, 15) is 9.90 Å². The molecule has 8 heteroatoms. The number of aromatic nitrogens is 3. The zero-order valence-electron chi connectivity index (χ0n) is 17.3. The molecule has 1 amide bonds. The van der Waals surface area contributed by atoms with Crippen LogP contribution in [0.15, 0.2) is 67.3 Å². The number of hydroxylamine groups is 2. The van der Waals surface area contributed by atoms with Gasteiger partial charge in [-0.15, -0.1) is 5.06 Å². The average molecular weight is 449 g/mol. The first kappa shape index (κ1) is 21.4. The number of benzene rings is 1. The lowest BCUT2D eigenvalue weighted by atomic mass is 10.1. The van der Waals surface area contributed by atoms with Gasteiger partial charge in [0.05, 0.1) is 12.2 Å². The fourth-order valence-corrected chi connectivity index (χ4v) is 3.57. The van der Waals surface area contributed by atoms with Crippen molar-refractivity contribution in [3.63, 3.8) is 0 Å². The van der Waals surface area contributed by atoms with E-state index >= 15 is 0 Å². The molecule has 0 bridgehead atoms. The maximum Gasteiger partial charge on any atom is 0.441 e. The van der Waals surface area contributed by atoms with Crippen molar-refractivity contribution in [1.82, 2.24) is 20.0 Å². The average Bonchev–Trinajstić information content (AvgIpc) is 3.20. The van der Waals surface area contributed by atoms with E-state index < -0.39 is 12.1 Å². The maximum atomic E-state index is 11.9. The summed E-state index contributed by atoms with van der Waals surface area (Å²) in [6.07, 6.45) is 9.62. The Balaban J connectivity index is 1.52. The summed E-state index contributed by atoms with van der Waals surface area (Å²) < 4.78 is 0. The van der Waals surface area contributed by atoms with Crippen LogP contribution in [0, 0.1) is 0 Å². The van der Waals surface area contributed by atoms with Gasteiger partial charge in [0.25, 0.3) is 0 Å². The molecule has 4 rings (SSSR count). The minimum Gasteiger partial charge on any atom is -0.463 e. The predicted octanol–water partition coefficient (Wildman–Crippen LogP) is 5.69. The molecule has 4 aromatic rings. The van der Waals surface area contributed by atoms with Gasteiger partial charge in [-0.3, -0.25) is 4.98 Å². The molecule has 0 fully saturated rings. The van der Waals surface area contributed by atoms with Gasteiger partial charge in [-0.2, -0.15) is 0 Å². The van der Waals surface area contributed by atoms with Gasteiger partial charge in [0, 0.05) is 35.1 Å². The van der Waals surface area contributed by atoms with Gasteiger partial charge in [0.15, 0.2) is 5.75 Å². The molecular formula is C24H21ClN4O3. The van der Waals surface area contributed by atoms with Crippen LogP contribution in [0.3, 0.4) is 0 Å². The van der Waals surface area contributed by atoms with Gasteiger partial charge in [-0.25, -0.2) is 9.78 Å². The zero-order chi connectivity index (χ0) is 22.5. The zero-order valence-corrected chi connectivity index (χ0v) is 18.0. The van der Waals surface area contributed by atoms with Crippen LogP contribution in [-0.4, -0.2) is 37.3 Å². The lowest BCUT2D eigenvalue weighted by molar-refractivity contribution is -0.0636. The Morgan fingerprint density at radius 2 is 2.03 bits per heavy atom. The van der Waals surface area contributed by atoms with Crippen molar-refractivity contribution in [2.45, 2.75) is 19.4 Å². The highest BCUT2D eigenvalue weighted by Gasteiger charge is 2.23. The monoisotopic (exact) mass is 448 g/mol. The minimum absolute atomic E-state index is 0.275. The molecule has 0 radical (unpaired) electrons. The van der Waals surface area contributed by atoms with E-state index in [0.717, 1.165) is 27.1 Å². The molecule has 3 aromatic heterocycles. The van der Waals surface area contributed by atoms with E-state index in [0.29, 0.717) is 12.0 Å². The number of nitrogens with zero attached hydrogens (tertiary/aromatic N) is 3. The molecule has 2 N–H and O–H groups in total. The summed E-state index contributed by atoms with van der Waals surface area (Å²) in [7, 11) is 0. The summed E-state index contributed by atoms with van der Waals surface area (Å²) in [6.45, 7) is 1.80. The largest absolute Gasteiger partial charge is 0.463 e. The topological polar surface area (TPSA) is 91.3 Å². The van der Waals surface area contributed by atoms with Gasteiger partial charge in [-0.1, -0.05) is 42.0 Å². The number of para-hydroxylation sites is 1. The highest BCUT2D eigenvalue weighted by atomic mass is 35.5. The first-order valence-corrected chi connectivity index (χ1v) is 10.4. The van der Waals surface area contributed by atoms with E-state index in [-0.39, 0.29) is 10.9 Å². The van der Waals surface area contributed by atoms with Crippen LogP contribution in [-0.2, 0) is 6.42 Å². The standard InChI is InChI=1S/C24H21ClN4O3/c1-16(12-19-14-27-22-5-3-2-4-21(19)22)29(24(30)31)32-20-13-18(23(25)28-15-20)7-6-17-8-10-26-11-9-17/h2-11,13-16,27H,12H2,1H3,(H,30,31). The van der Waals surface area contributed by atoms with Gasteiger partial charge >= 0.3 is 6.09 Å². The lowest BCUT2D eigenvalue weighted by Gasteiger charge is -2.25. The van der Waals surface area contributed by atoms with Crippen LogP contribution < -0.4 is 4.84 Å².